The molecule has 0 spiro atoms. The van der Waals surface area contributed by atoms with Crippen LogP contribution < -0.4 is 0 Å². The Morgan fingerprint density at radius 2 is 0.708 bits per heavy atom. The van der Waals surface area contributed by atoms with Gasteiger partial charge in [-0.05, 0) is 119 Å². The van der Waals surface area contributed by atoms with E-state index in [-0.39, 0.29) is 33.5 Å². The fourth-order valence-electron chi connectivity index (χ4n) is 9.80. The summed E-state index contributed by atoms with van der Waals surface area (Å²) in [6.07, 6.45) is 33.4. The summed E-state index contributed by atoms with van der Waals surface area (Å²) in [5.41, 5.74) is 5.11. The number of allylic oxidation sites excluding steroid dienone is 4. The van der Waals surface area contributed by atoms with Crippen LogP contribution in [0.25, 0.3) is 0 Å². The molecule has 0 saturated heterocycles. The molecule has 408 valence electrons. The van der Waals surface area contributed by atoms with E-state index >= 15 is 0 Å². The molecule has 2 aromatic carbocycles. The third-order valence-electron chi connectivity index (χ3n) is 13.0. The maximum absolute atomic E-state index is 12.2. The Bertz CT molecular complexity index is 1970. The predicted octanol–water partition coefficient (Wildman–Crippen LogP) is 15.8. The van der Waals surface area contributed by atoms with Gasteiger partial charge in [-0.2, -0.15) is 0 Å². The molecule has 0 fully saturated rings. The fraction of sp³-hybridized carbons (Fsp3) is 0.667. The molecule has 0 amide bonds. The van der Waals surface area contributed by atoms with Crippen molar-refractivity contribution in [1.82, 2.24) is 0 Å². The topological polar surface area (TPSA) is 172 Å². The van der Waals surface area contributed by atoms with E-state index in [4.69, 9.17) is 3.32 Å². The van der Waals surface area contributed by atoms with Crippen LogP contribution >= 0.6 is 0 Å². The minimum atomic E-state index is -4.67. The molecule has 2 rings (SSSR count). The zero-order valence-electron chi connectivity index (χ0n) is 46.3. The SMILES string of the molecule is C=CCc1c(S(=O)(=O)[O-])cc(CC(C)(C)C)c(C(O)CCCCCCCCCCCC)c1CC=C.C=CCc1c(S(=O)(=O)[O-])cc(CC(C)(C)C)c(C(O)CCCCCCCCCCCC)c1CC=C.[O]=[Ti+2]. The van der Waals surface area contributed by atoms with Crippen molar-refractivity contribution < 1.29 is 59.9 Å². The van der Waals surface area contributed by atoms with Crippen LogP contribution in [0.4, 0.5) is 0 Å². The monoisotopic (exact) mass is 1070 g/mol. The van der Waals surface area contributed by atoms with Crippen LogP contribution in [0.15, 0.2) is 72.5 Å². The fourth-order valence-corrected chi connectivity index (χ4v) is 11.4. The van der Waals surface area contributed by atoms with Gasteiger partial charge < -0.3 is 19.3 Å². The van der Waals surface area contributed by atoms with Crippen molar-refractivity contribution in [2.45, 2.75) is 257 Å². The Morgan fingerprint density at radius 3 is 0.931 bits per heavy atom. The molecule has 2 atom stereocenters. The Balaban J connectivity index is 0.00000135. The standard InChI is InChI=1S/2C30H50O4S.O.Ti/c2*1-7-10-11-12-13-14-15-16-17-18-21-27(31)29-24(23-30(4,5)6)22-28(35(32,33)34)25(19-8-2)26(29)20-9-3;;/h2*8-9,22,27,31H,2-3,7,10-21,23H2,1,4-6H3,(H,32,33,34);;/q;;;+2/p-2. The van der Waals surface area contributed by atoms with Gasteiger partial charge in [0.1, 0.15) is 20.2 Å². The molecule has 0 saturated carbocycles. The van der Waals surface area contributed by atoms with E-state index in [0.717, 1.165) is 79.5 Å². The Hall–Kier alpha value is -2.35. The molecule has 72 heavy (non-hydrogen) atoms. The number of aliphatic hydroxyl groups is 2. The Kier molecular flexibility index (Phi) is 36.2. The predicted molar refractivity (Wildman–Crippen MR) is 294 cm³/mol. The molecule has 0 radical (unpaired) electrons. The van der Waals surface area contributed by atoms with Crippen LogP contribution in [-0.4, -0.2) is 36.2 Å². The van der Waals surface area contributed by atoms with E-state index in [1.807, 2.05) is 0 Å². The normalized spacial score (nSPS) is 12.8. The molecule has 0 heterocycles. The molecule has 0 aliphatic heterocycles. The third kappa shape index (κ3) is 28.0. The Labute approximate surface area is 452 Å². The summed E-state index contributed by atoms with van der Waals surface area (Å²) in [5, 5.41) is 22.7. The van der Waals surface area contributed by atoms with Gasteiger partial charge in [0, 0.05) is 0 Å². The van der Waals surface area contributed by atoms with Gasteiger partial charge in [-0.1, -0.05) is 208 Å². The second kappa shape index (κ2) is 37.4. The summed E-state index contributed by atoms with van der Waals surface area (Å²) in [6, 6.07) is 3.02. The molecule has 9 nitrogen and oxygen atoms in total. The number of hydrogen-bond acceptors (Lipinski definition) is 9. The number of hydrogen-bond donors (Lipinski definition) is 2. The number of aliphatic hydroxyl groups excluding tert-OH is 2. The summed E-state index contributed by atoms with van der Waals surface area (Å²) in [5.74, 6) is 0. The van der Waals surface area contributed by atoms with Gasteiger partial charge in [0.2, 0.25) is 0 Å². The Morgan fingerprint density at radius 1 is 0.472 bits per heavy atom. The van der Waals surface area contributed by atoms with Gasteiger partial charge in [-0.3, -0.25) is 0 Å². The van der Waals surface area contributed by atoms with E-state index in [1.54, 1.807) is 24.3 Å². The van der Waals surface area contributed by atoms with E-state index < -0.39 is 32.4 Å². The minimum absolute atomic E-state index is 0.138. The van der Waals surface area contributed by atoms with Gasteiger partial charge in [-0.25, -0.2) is 16.8 Å². The summed E-state index contributed by atoms with van der Waals surface area (Å²) >= 11 is 0.750. The summed E-state index contributed by atoms with van der Waals surface area (Å²) in [4.78, 5) is -0.383. The van der Waals surface area contributed by atoms with Crippen molar-refractivity contribution in [1.29, 1.82) is 0 Å². The summed E-state index contributed by atoms with van der Waals surface area (Å²) in [6.45, 7) is 32.1. The molecule has 12 heteroatoms. The summed E-state index contributed by atoms with van der Waals surface area (Å²) in [7, 11) is -9.34. The van der Waals surface area contributed by atoms with Crippen LogP contribution in [0.5, 0.6) is 0 Å². The molecular weight excluding hydrogens is 977 g/mol. The average Bonchev–Trinajstić information content (AvgIpc) is 3.28. The van der Waals surface area contributed by atoms with Crippen LogP contribution in [0.3, 0.4) is 0 Å². The maximum atomic E-state index is 12.2. The van der Waals surface area contributed by atoms with Crippen LogP contribution in [0, 0.1) is 10.8 Å². The molecule has 2 unspecified atom stereocenters. The van der Waals surface area contributed by atoms with Crippen molar-refractivity contribution in [3.05, 3.63) is 107 Å². The van der Waals surface area contributed by atoms with Crippen molar-refractivity contribution >= 4 is 20.2 Å². The zero-order chi connectivity index (χ0) is 55.0. The van der Waals surface area contributed by atoms with Crippen molar-refractivity contribution in [2.75, 3.05) is 0 Å². The van der Waals surface area contributed by atoms with Gasteiger partial charge in [0.15, 0.2) is 0 Å². The van der Waals surface area contributed by atoms with Crippen LogP contribution in [0.2, 0.25) is 0 Å². The molecular formula is C60H98O9S2Ti. The van der Waals surface area contributed by atoms with Gasteiger partial charge in [-0.15, -0.1) is 26.3 Å². The first-order valence-electron chi connectivity index (χ1n) is 27.2. The first-order chi connectivity index (χ1) is 33.9. The van der Waals surface area contributed by atoms with E-state index in [9.17, 15) is 36.2 Å². The molecule has 0 aliphatic rings. The van der Waals surface area contributed by atoms with Gasteiger partial charge in [0.25, 0.3) is 0 Å². The second-order valence-corrected chi connectivity index (χ2v) is 24.8. The van der Waals surface area contributed by atoms with Crippen molar-refractivity contribution in [3.8, 4) is 0 Å². The van der Waals surface area contributed by atoms with Crippen LogP contribution in [-0.2, 0) is 82.5 Å². The van der Waals surface area contributed by atoms with Crippen molar-refractivity contribution in [2.24, 2.45) is 10.8 Å². The molecule has 2 aromatic rings. The molecule has 0 aromatic heterocycles. The first kappa shape index (κ1) is 69.7. The average molecular weight is 1080 g/mol. The second-order valence-electron chi connectivity index (χ2n) is 22.1. The molecule has 0 aliphatic carbocycles. The first-order valence-corrected chi connectivity index (χ1v) is 30.6. The number of rotatable bonds is 36. The number of unbranched alkanes of at least 4 members (excludes halogenated alkanes) is 18. The quantitative estimate of drug-likeness (QED) is 0.0292. The molecule has 2 N–H and O–H groups in total. The zero-order valence-corrected chi connectivity index (χ0v) is 49.5. The molecule has 0 bridgehead atoms. The number of benzene rings is 2. The van der Waals surface area contributed by atoms with E-state index in [0.29, 0.717) is 49.7 Å². The third-order valence-corrected chi connectivity index (χ3v) is 14.8. The van der Waals surface area contributed by atoms with E-state index in [1.165, 1.54) is 115 Å². The summed E-state index contributed by atoms with van der Waals surface area (Å²) < 4.78 is 81.3. The van der Waals surface area contributed by atoms with Crippen molar-refractivity contribution in [3.63, 3.8) is 0 Å². The van der Waals surface area contributed by atoms with Gasteiger partial charge in [0.05, 0.1) is 22.0 Å². The van der Waals surface area contributed by atoms with Gasteiger partial charge >= 0.3 is 23.7 Å². The van der Waals surface area contributed by atoms with E-state index in [2.05, 4.69) is 81.7 Å². The van der Waals surface area contributed by atoms with Crippen LogP contribution in [0.1, 0.15) is 253 Å².